The van der Waals surface area contributed by atoms with E-state index in [9.17, 15) is 9.59 Å². The Hall–Kier alpha value is -1.34. The number of carbonyl (C=O) groups is 2. The molecule has 19 heavy (non-hydrogen) atoms. The monoisotopic (exact) mass is 272 g/mol. The molecule has 1 aliphatic heterocycles. The highest BCUT2D eigenvalue weighted by atomic mass is 16.4. The van der Waals surface area contributed by atoms with Crippen LogP contribution in [-0.4, -0.2) is 66.8 Å². The van der Waals surface area contributed by atoms with Gasteiger partial charge in [0.25, 0.3) is 0 Å². The molecule has 1 aliphatic rings. The highest BCUT2D eigenvalue weighted by molar-refractivity contribution is 5.85. The number of rotatable bonds is 6. The number of carboxylic acids is 1. The van der Waals surface area contributed by atoms with Crippen molar-refractivity contribution < 1.29 is 14.7 Å². The number of aliphatic carboxylic acids is 1. The van der Waals surface area contributed by atoms with E-state index in [0.29, 0.717) is 6.54 Å². The first-order chi connectivity index (χ1) is 8.92. The maximum atomic E-state index is 11.5. The summed E-state index contributed by atoms with van der Waals surface area (Å²) in [5.74, 6) is -1.05. The van der Waals surface area contributed by atoms with Crippen LogP contribution in [0.3, 0.4) is 0 Å². The molecule has 1 saturated heterocycles. The molecule has 0 spiro atoms. The molecule has 1 rings (SSSR count). The van der Waals surface area contributed by atoms with Crippen LogP contribution < -0.4 is 16.0 Å². The Bertz CT molecular complexity index is 314. The van der Waals surface area contributed by atoms with Gasteiger partial charge in [0.15, 0.2) is 0 Å². The highest BCUT2D eigenvalue weighted by Gasteiger charge is 2.28. The number of nitrogens with zero attached hydrogens (tertiary/aromatic N) is 1. The van der Waals surface area contributed by atoms with Crippen molar-refractivity contribution in [1.29, 1.82) is 0 Å². The van der Waals surface area contributed by atoms with Gasteiger partial charge in [0.1, 0.15) is 5.54 Å². The van der Waals surface area contributed by atoms with E-state index in [0.717, 1.165) is 39.1 Å². The highest BCUT2D eigenvalue weighted by Crippen LogP contribution is 2.01. The molecular weight excluding hydrogens is 248 g/mol. The molecule has 7 nitrogen and oxygen atoms in total. The van der Waals surface area contributed by atoms with Crippen molar-refractivity contribution in [1.82, 2.24) is 20.9 Å². The van der Waals surface area contributed by atoms with Gasteiger partial charge in [-0.2, -0.15) is 0 Å². The molecule has 110 valence electrons. The summed E-state index contributed by atoms with van der Waals surface area (Å²) in [4.78, 5) is 24.7. The van der Waals surface area contributed by atoms with E-state index in [1.807, 2.05) is 0 Å². The first kappa shape index (κ1) is 15.7. The number of urea groups is 1. The Morgan fingerprint density at radius 3 is 2.53 bits per heavy atom. The van der Waals surface area contributed by atoms with Crippen LogP contribution in [0.25, 0.3) is 0 Å². The fourth-order valence-electron chi connectivity index (χ4n) is 1.82. The Morgan fingerprint density at radius 1 is 1.32 bits per heavy atom. The number of nitrogens with one attached hydrogen (secondary N) is 3. The number of carboxylic acid groups (broad SMARTS) is 1. The van der Waals surface area contributed by atoms with Gasteiger partial charge in [0, 0.05) is 32.7 Å². The zero-order valence-electron chi connectivity index (χ0n) is 11.7. The number of hydrogen-bond donors (Lipinski definition) is 4. The molecule has 0 aromatic heterocycles. The minimum atomic E-state index is -1.25. The predicted octanol–water partition coefficient (Wildman–Crippen LogP) is -0.556. The largest absolute Gasteiger partial charge is 0.480 e. The summed E-state index contributed by atoms with van der Waals surface area (Å²) in [7, 11) is 0. The zero-order chi connectivity index (χ0) is 14.3. The molecule has 2 amide bonds. The Labute approximate surface area is 113 Å². The standard InChI is InChI=1S/C12H24N4O3/c1-12(2,10(17)18)15-11(19)14-4-3-7-16-8-5-13-6-9-16/h13H,3-9H2,1-2H3,(H,17,18)(H2,14,15,19). The molecule has 1 heterocycles. The molecule has 0 unspecified atom stereocenters. The molecule has 0 atom stereocenters. The van der Waals surface area contributed by atoms with Crippen LogP contribution in [0, 0.1) is 0 Å². The van der Waals surface area contributed by atoms with Gasteiger partial charge in [0.05, 0.1) is 0 Å². The number of carbonyl (C=O) groups excluding carboxylic acids is 1. The summed E-state index contributed by atoms with van der Waals surface area (Å²) < 4.78 is 0. The molecule has 0 bridgehead atoms. The molecule has 1 fully saturated rings. The van der Waals surface area contributed by atoms with Crippen molar-refractivity contribution in [2.75, 3.05) is 39.3 Å². The van der Waals surface area contributed by atoms with Gasteiger partial charge in [-0.1, -0.05) is 0 Å². The van der Waals surface area contributed by atoms with Gasteiger partial charge in [0.2, 0.25) is 0 Å². The van der Waals surface area contributed by atoms with Crippen molar-refractivity contribution in [3.63, 3.8) is 0 Å². The fourth-order valence-corrected chi connectivity index (χ4v) is 1.82. The lowest BCUT2D eigenvalue weighted by Gasteiger charge is -2.27. The van der Waals surface area contributed by atoms with Crippen molar-refractivity contribution in [2.24, 2.45) is 0 Å². The summed E-state index contributed by atoms with van der Waals surface area (Å²) in [5, 5.41) is 17.3. The van der Waals surface area contributed by atoms with Gasteiger partial charge in [-0.3, -0.25) is 0 Å². The van der Waals surface area contributed by atoms with E-state index in [1.165, 1.54) is 13.8 Å². The van der Waals surface area contributed by atoms with E-state index in [1.54, 1.807) is 0 Å². The second-order valence-electron chi connectivity index (χ2n) is 5.26. The quantitative estimate of drug-likeness (QED) is 0.487. The third kappa shape index (κ3) is 5.89. The van der Waals surface area contributed by atoms with E-state index >= 15 is 0 Å². The minimum Gasteiger partial charge on any atom is -0.480 e. The third-order valence-electron chi connectivity index (χ3n) is 3.11. The fraction of sp³-hybridized carbons (Fsp3) is 0.833. The average Bonchev–Trinajstić information content (AvgIpc) is 2.35. The first-order valence-electron chi connectivity index (χ1n) is 6.64. The van der Waals surface area contributed by atoms with Gasteiger partial charge >= 0.3 is 12.0 Å². The summed E-state index contributed by atoms with van der Waals surface area (Å²) in [6, 6.07) is -0.437. The summed E-state index contributed by atoms with van der Waals surface area (Å²) >= 11 is 0. The third-order valence-corrected chi connectivity index (χ3v) is 3.11. The van der Waals surface area contributed by atoms with Crippen LogP contribution in [0.5, 0.6) is 0 Å². The van der Waals surface area contributed by atoms with Gasteiger partial charge in [-0.25, -0.2) is 9.59 Å². The van der Waals surface area contributed by atoms with Gasteiger partial charge < -0.3 is 26.0 Å². The SMILES string of the molecule is CC(C)(NC(=O)NCCCN1CCNCC1)C(=O)O. The van der Waals surface area contributed by atoms with Crippen LogP contribution in [0.2, 0.25) is 0 Å². The van der Waals surface area contributed by atoms with Crippen molar-refractivity contribution in [3.8, 4) is 0 Å². The normalized spacial score (nSPS) is 16.9. The lowest BCUT2D eigenvalue weighted by atomic mass is 10.1. The summed E-state index contributed by atoms with van der Waals surface area (Å²) in [5.41, 5.74) is -1.25. The molecule has 0 saturated carbocycles. The molecule has 7 heteroatoms. The van der Waals surface area contributed by atoms with E-state index < -0.39 is 17.5 Å². The number of hydrogen-bond acceptors (Lipinski definition) is 4. The maximum absolute atomic E-state index is 11.5. The zero-order valence-corrected chi connectivity index (χ0v) is 11.7. The second-order valence-corrected chi connectivity index (χ2v) is 5.26. The van der Waals surface area contributed by atoms with Crippen LogP contribution in [0.4, 0.5) is 4.79 Å². The molecule has 0 aromatic rings. The lowest BCUT2D eigenvalue weighted by Crippen LogP contribution is -2.53. The first-order valence-corrected chi connectivity index (χ1v) is 6.64. The Morgan fingerprint density at radius 2 is 1.95 bits per heavy atom. The molecule has 4 N–H and O–H groups in total. The second kappa shape index (κ2) is 7.30. The van der Waals surface area contributed by atoms with E-state index in [-0.39, 0.29) is 0 Å². The van der Waals surface area contributed by atoms with E-state index in [2.05, 4.69) is 20.9 Å². The van der Waals surface area contributed by atoms with Crippen molar-refractivity contribution >= 4 is 12.0 Å². The molecular formula is C12H24N4O3. The topological polar surface area (TPSA) is 93.7 Å². The smallest absolute Gasteiger partial charge is 0.328 e. The lowest BCUT2D eigenvalue weighted by molar-refractivity contribution is -0.142. The van der Waals surface area contributed by atoms with Crippen LogP contribution in [0.15, 0.2) is 0 Å². The minimum absolute atomic E-state index is 0.437. The van der Waals surface area contributed by atoms with E-state index in [4.69, 9.17) is 5.11 Å². The number of piperazine rings is 1. The van der Waals surface area contributed by atoms with Crippen LogP contribution in [0.1, 0.15) is 20.3 Å². The Balaban J connectivity index is 2.11. The Kier molecular flexibility index (Phi) is 6.04. The number of amides is 2. The van der Waals surface area contributed by atoms with Gasteiger partial charge in [-0.05, 0) is 26.8 Å². The molecule has 0 aliphatic carbocycles. The maximum Gasteiger partial charge on any atom is 0.328 e. The van der Waals surface area contributed by atoms with Crippen LogP contribution >= 0.6 is 0 Å². The van der Waals surface area contributed by atoms with Crippen molar-refractivity contribution in [3.05, 3.63) is 0 Å². The van der Waals surface area contributed by atoms with Gasteiger partial charge in [-0.15, -0.1) is 0 Å². The molecule has 0 radical (unpaired) electrons. The summed E-state index contributed by atoms with van der Waals surface area (Å²) in [6.07, 6.45) is 0.862. The average molecular weight is 272 g/mol. The van der Waals surface area contributed by atoms with Crippen LogP contribution in [-0.2, 0) is 4.79 Å². The summed E-state index contributed by atoms with van der Waals surface area (Å²) in [6.45, 7) is 8.51. The molecule has 0 aromatic carbocycles. The van der Waals surface area contributed by atoms with Crippen molar-refractivity contribution in [2.45, 2.75) is 25.8 Å². The predicted molar refractivity (Wildman–Crippen MR) is 72.2 cm³/mol.